The molecule has 0 radical (unpaired) electrons. The number of anilines is 1. The molecule has 2 atom stereocenters. The first kappa shape index (κ1) is 17.7. The lowest BCUT2D eigenvalue weighted by molar-refractivity contribution is 0.223. The Morgan fingerprint density at radius 3 is 2.80 bits per heavy atom. The Labute approximate surface area is 182 Å². The Hall–Kier alpha value is -3.09. The maximum Gasteiger partial charge on any atom is 0.226 e. The summed E-state index contributed by atoms with van der Waals surface area (Å²) in [6.07, 6.45) is 1.33. The lowest BCUT2D eigenvalue weighted by Gasteiger charge is -2.38. The molecule has 4 heterocycles. The molecule has 5 nitrogen and oxygen atoms in total. The quantitative estimate of drug-likeness (QED) is 0.431. The van der Waals surface area contributed by atoms with E-state index in [-0.39, 0.29) is 12.1 Å². The van der Waals surface area contributed by atoms with E-state index in [2.05, 4.69) is 64.1 Å². The van der Waals surface area contributed by atoms with Gasteiger partial charge in [-0.05, 0) is 42.1 Å². The van der Waals surface area contributed by atoms with E-state index in [0.717, 1.165) is 28.1 Å². The SMILES string of the molecule is Cc1ccc([C@@H]2Oc3ccc(Cl)cc3C3=C2[C@H](c2cccs2)n2ncnc2N3)cc1. The molecular formula is C23H17ClN4OS. The van der Waals surface area contributed by atoms with Gasteiger partial charge in [-0.1, -0.05) is 47.5 Å². The lowest BCUT2D eigenvalue weighted by atomic mass is 9.87. The number of fused-ring (bicyclic) bond motifs is 3. The van der Waals surface area contributed by atoms with Gasteiger partial charge in [0.2, 0.25) is 5.95 Å². The second kappa shape index (κ2) is 6.72. The fourth-order valence-corrected chi connectivity index (χ4v) is 5.18. The van der Waals surface area contributed by atoms with Crippen molar-refractivity contribution in [2.75, 3.05) is 5.32 Å². The van der Waals surface area contributed by atoms with Crippen molar-refractivity contribution in [3.05, 3.63) is 98.5 Å². The Kier molecular flexibility index (Phi) is 3.97. The van der Waals surface area contributed by atoms with E-state index in [9.17, 15) is 0 Å². The average molecular weight is 433 g/mol. The third-order valence-corrected chi connectivity index (χ3v) is 6.73. The molecule has 0 spiro atoms. The first-order valence-electron chi connectivity index (χ1n) is 9.66. The van der Waals surface area contributed by atoms with Crippen molar-refractivity contribution in [1.29, 1.82) is 0 Å². The van der Waals surface area contributed by atoms with Crippen molar-refractivity contribution in [3.63, 3.8) is 0 Å². The highest BCUT2D eigenvalue weighted by Crippen LogP contribution is 2.51. The maximum atomic E-state index is 6.59. The zero-order valence-electron chi connectivity index (χ0n) is 16.0. The molecule has 0 saturated heterocycles. The van der Waals surface area contributed by atoms with E-state index in [1.165, 1.54) is 10.4 Å². The highest BCUT2D eigenvalue weighted by molar-refractivity contribution is 7.10. The molecule has 0 aliphatic carbocycles. The van der Waals surface area contributed by atoms with E-state index >= 15 is 0 Å². The highest BCUT2D eigenvalue weighted by Gasteiger charge is 2.41. The van der Waals surface area contributed by atoms with E-state index in [1.807, 2.05) is 22.9 Å². The summed E-state index contributed by atoms with van der Waals surface area (Å²) < 4.78 is 8.52. The number of benzene rings is 2. The minimum atomic E-state index is -0.258. The van der Waals surface area contributed by atoms with Gasteiger partial charge < -0.3 is 10.1 Å². The summed E-state index contributed by atoms with van der Waals surface area (Å²) in [7, 11) is 0. The summed E-state index contributed by atoms with van der Waals surface area (Å²) in [5.41, 5.74) is 5.35. The standard InChI is InChI=1S/C23H17ClN4OS/c1-13-4-6-14(7-5-13)22-19-20(16-11-15(24)8-9-17(16)29-22)27-23-25-12-26-28(23)21(19)18-3-2-10-30-18/h2-12,21-22H,1H3,(H,25,26,27)/t21-,22-/m0/s1. The Balaban J connectivity index is 1.63. The van der Waals surface area contributed by atoms with Gasteiger partial charge in [-0.15, -0.1) is 11.3 Å². The summed E-state index contributed by atoms with van der Waals surface area (Å²) in [5, 5.41) is 10.8. The second-order valence-corrected chi connectivity index (χ2v) is 8.87. The number of hydrogen-bond acceptors (Lipinski definition) is 5. The fraction of sp³-hybridized carbons (Fsp3) is 0.130. The fourth-order valence-electron chi connectivity index (χ4n) is 4.18. The first-order valence-corrected chi connectivity index (χ1v) is 10.9. The van der Waals surface area contributed by atoms with Crippen LogP contribution >= 0.6 is 22.9 Å². The molecule has 2 aliphatic rings. The molecular weight excluding hydrogens is 416 g/mol. The van der Waals surface area contributed by atoms with E-state index < -0.39 is 0 Å². The number of thiophene rings is 1. The molecule has 4 aromatic rings. The van der Waals surface area contributed by atoms with Gasteiger partial charge in [-0.25, -0.2) is 4.68 Å². The monoisotopic (exact) mass is 432 g/mol. The van der Waals surface area contributed by atoms with Crippen LogP contribution in [0.3, 0.4) is 0 Å². The van der Waals surface area contributed by atoms with Crippen molar-refractivity contribution in [2.24, 2.45) is 0 Å². The molecule has 30 heavy (non-hydrogen) atoms. The molecule has 1 N–H and O–H groups in total. The van der Waals surface area contributed by atoms with Crippen LogP contribution in [-0.2, 0) is 0 Å². The Morgan fingerprint density at radius 2 is 2.00 bits per heavy atom. The number of aryl methyl sites for hydroxylation is 1. The topological polar surface area (TPSA) is 52.0 Å². The third kappa shape index (κ3) is 2.68. The van der Waals surface area contributed by atoms with E-state index in [4.69, 9.17) is 16.3 Å². The van der Waals surface area contributed by atoms with Gasteiger partial charge in [0, 0.05) is 21.0 Å². The van der Waals surface area contributed by atoms with Crippen molar-refractivity contribution in [1.82, 2.24) is 14.8 Å². The predicted octanol–water partition coefficient (Wildman–Crippen LogP) is 5.86. The Morgan fingerprint density at radius 1 is 1.13 bits per heavy atom. The number of halogens is 1. The lowest BCUT2D eigenvalue weighted by Crippen LogP contribution is -2.32. The molecule has 2 aromatic heterocycles. The molecule has 0 fully saturated rings. The molecule has 0 bridgehead atoms. The number of nitrogens with one attached hydrogen (secondary N) is 1. The molecule has 0 unspecified atom stereocenters. The molecule has 0 amide bonds. The molecule has 148 valence electrons. The van der Waals surface area contributed by atoms with Gasteiger partial charge in [-0.2, -0.15) is 10.1 Å². The van der Waals surface area contributed by atoms with Gasteiger partial charge in [0.05, 0.1) is 5.70 Å². The largest absolute Gasteiger partial charge is 0.480 e. The van der Waals surface area contributed by atoms with Gasteiger partial charge >= 0.3 is 0 Å². The Bertz CT molecular complexity index is 1280. The average Bonchev–Trinajstić information content (AvgIpc) is 3.44. The van der Waals surface area contributed by atoms with Gasteiger partial charge in [0.1, 0.15) is 24.2 Å². The van der Waals surface area contributed by atoms with Crippen LogP contribution in [0.15, 0.2) is 71.9 Å². The normalized spacial score (nSPS) is 19.4. The zero-order valence-corrected chi connectivity index (χ0v) is 17.6. The number of nitrogens with zero attached hydrogens (tertiary/aromatic N) is 3. The second-order valence-electron chi connectivity index (χ2n) is 7.45. The first-order chi connectivity index (χ1) is 14.7. The van der Waals surface area contributed by atoms with Crippen molar-refractivity contribution >= 4 is 34.6 Å². The van der Waals surface area contributed by atoms with Crippen LogP contribution in [0.1, 0.15) is 33.7 Å². The molecule has 7 heteroatoms. The number of hydrogen-bond donors (Lipinski definition) is 1. The van der Waals surface area contributed by atoms with Gasteiger partial charge in [0.25, 0.3) is 0 Å². The number of ether oxygens (including phenoxy) is 1. The molecule has 2 aromatic carbocycles. The van der Waals surface area contributed by atoms with Crippen molar-refractivity contribution in [3.8, 4) is 5.75 Å². The third-order valence-electron chi connectivity index (χ3n) is 5.57. The summed E-state index contributed by atoms with van der Waals surface area (Å²) in [6, 6.07) is 18.3. The minimum absolute atomic E-state index is 0.114. The highest BCUT2D eigenvalue weighted by atomic mass is 35.5. The summed E-state index contributed by atoms with van der Waals surface area (Å²) in [4.78, 5) is 5.63. The van der Waals surface area contributed by atoms with Crippen LogP contribution in [0.4, 0.5) is 5.95 Å². The van der Waals surface area contributed by atoms with Crippen molar-refractivity contribution < 1.29 is 4.74 Å². The number of aromatic nitrogens is 3. The van der Waals surface area contributed by atoms with Crippen LogP contribution in [0.2, 0.25) is 5.02 Å². The smallest absolute Gasteiger partial charge is 0.226 e. The van der Waals surface area contributed by atoms with Crippen LogP contribution in [0, 0.1) is 6.92 Å². The van der Waals surface area contributed by atoms with Crippen LogP contribution in [0.5, 0.6) is 5.75 Å². The number of rotatable bonds is 2. The van der Waals surface area contributed by atoms with Crippen molar-refractivity contribution in [2.45, 2.75) is 19.1 Å². The summed E-state index contributed by atoms with van der Waals surface area (Å²) in [6.45, 7) is 2.09. The minimum Gasteiger partial charge on any atom is -0.480 e. The summed E-state index contributed by atoms with van der Waals surface area (Å²) in [5.74, 6) is 1.51. The molecule has 6 rings (SSSR count). The van der Waals surface area contributed by atoms with Crippen LogP contribution in [-0.4, -0.2) is 14.8 Å². The van der Waals surface area contributed by atoms with Crippen LogP contribution in [0.25, 0.3) is 5.70 Å². The van der Waals surface area contributed by atoms with Crippen LogP contribution < -0.4 is 10.1 Å². The van der Waals surface area contributed by atoms with E-state index in [0.29, 0.717) is 11.0 Å². The molecule has 2 aliphatic heterocycles. The van der Waals surface area contributed by atoms with Gasteiger partial charge in [-0.3, -0.25) is 0 Å². The van der Waals surface area contributed by atoms with E-state index in [1.54, 1.807) is 17.7 Å². The summed E-state index contributed by atoms with van der Waals surface area (Å²) >= 11 is 8.06. The van der Waals surface area contributed by atoms with Gasteiger partial charge in [0.15, 0.2) is 0 Å². The zero-order chi connectivity index (χ0) is 20.2. The molecule has 0 saturated carbocycles. The maximum absolute atomic E-state index is 6.59. The predicted molar refractivity (Wildman–Crippen MR) is 119 cm³/mol.